The van der Waals surface area contributed by atoms with E-state index in [1.807, 2.05) is 6.07 Å². The van der Waals surface area contributed by atoms with Crippen molar-refractivity contribution in [3.8, 4) is 6.07 Å². The van der Waals surface area contributed by atoms with Crippen molar-refractivity contribution in [3.63, 3.8) is 0 Å². The van der Waals surface area contributed by atoms with Gasteiger partial charge < -0.3 is 5.11 Å². The minimum absolute atomic E-state index is 0.0863. The number of thiophene rings is 1. The van der Waals surface area contributed by atoms with Crippen LogP contribution in [-0.4, -0.2) is 19.5 Å². The molecular weight excluding hydrogens is 380 g/mol. The number of nitrogens with zero attached hydrogens (tertiary/aromatic N) is 1. The van der Waals surface area contributed by atoms with Crippen molar-refractivity contribution in [2.75, 3.05) is 4.72 Å². The van der Waals surface area contributed by atoms with Gasteiger partial charge in [-0.2, -0.15) is 5.26 Å². The van der Waals surface area contributed by atoms with Crippen LogP contribution in [0.2, 0.25) is 0 Å². The number of rotatable bonds is 4. The maximum absolute atomic E-state index is 12.3. The number of benzene rings is 1. The van der Waals surface area contributed by atoms with E-state index in [-0.39, 0.29) is 21.0 Å². The number of hydrogen-bond acceptors (Lipinski definition) is 5. The average Bonchev–Trinajstić information content (AvgIpc) is 2.91. The Morgan fingerprint density at radius 1 is 1.38 bits per heavy atom. The first-order valence-electron chi connectivity index (χ1n) is 5.38. The monoisotopic (exact) mass is 386 g/mol. The molecule has 0 aliphatic heterocycles. The molecule has 0 aliphatic carbocycles. The van der Waals surface area contributed by atoms with Gasteiger partial charge in [0.05, 0.1) is 11.3 Å². The number of carboxylic acid groups (broad SMARTS) is 1. The van der Waals surface area contributed by atoms with Crippen molar-refractivity contribution in [1.29, 1.82) is 5.26 Å². The first-order chi connectivity index (χ1) is 9.85. The SMILES string of the molecule is N#Cc1cc(Br)ccc1NS(=O)(=O)c1ccsc1C(=O)O. The van der Waals surface area contributed by atoms with Gasteiger partial charge in [-0.15, -0.1) is 11.3 Å². The fourth-order valence-electron chi connectivity index (χ4n) is 1.56. The molecule has 2 aromatic rings. The van der Waals surface area contributed by atoms with Gasteiger partial charge in [0.25, 0.3) is 10.0 Å². The van der Waals surface area contributed by atoms with Gasteiger partial charge >= 0.3 is 5.97 Å². The highest BCUT2D eigenvalue weighted by Gasteiger charge is 2.24. The Bertz CT molecular complexity index is 852. The third kappa shape index (κ3) is 3.24. The molecule has 0 amide bonds. The highest BCUT2D eigenvalue weighted by molar-refractivity contribution is 9.10. The molecule has 0 fully saturated rings. The number of hydrogen-bond donors (Lipinski definition) is 2. The molecule has 0 spiro atoms. The Morgan fingerprint density at radius 2 is 2.10 bits per heavy atom. The average molecular weight is 387 g/mol. The van der Waals surface area contributed by atoms with Crippen molar-refractivity contribution in [2.24, 2.45) is 0 Å². The van der Waals surface area contributed by atoms with Gasteiger partial charge in [-0.05, 0) is 29.6 Å². The summed E-state index contributed by atoms with van der Waals surface area (Å²) in [5.41, 5.74) is 0.211. The lowest BCUT2D eigenvalue weighted by atomic mass is 10.2. The van der Waals surface area contributed by atoms with E-state index in [0.717, 1.165) is 11.3 Å². The number of aromatic carboxylic acids is 1. The second-order valence-corrected chi connectivity index (χ2v) is 7.31. The van der Waals surface area contributed by atoms with E-state index in [9.17, 15) is 13.2 Å². The smallest absolute Gasteiger partial charge is 0.347 e. The molecule has 0 aliphatic rings. The minimum Gasteiger partial charge on any atom is -0.477 e. The third-order valence-corrected chi connectivity index (χ3v) is 5.39. The van der Waals surface area contributed by atoms with Gasteiger partial charge in [0.1, 0.15) is 15.8 Å². The lowest BCUT2D eigenvalue weighted by molar-refractivity contribution is 0.0698. The summed E-state index contributed by atoms with van der Waals surface area (Å²) in [4.78, 5) is 10.4. The van der Waals surface area contributed by atoms with Crippen LogP contribution in [0.15, 0.2) is 39.0 Å². The van der Waals surface area contributed by atoms with Gasteiger partial charge in [-0.25, -0.2) is 13.2 Å². The molecule has 0 radical (unpaired) electrons. The van der Waals surface area contributed by atoms with Crippen LogP contribution < -0.4 is 4.72 Å². The second kappa shape index (κ2) is 5.85. The summed E-state index contributed by atoms with van der Waals surface area (Å²) in [7, 11) is -4.08. The second-order valence-electron chi connectivity index (χ2n) is 3.83. The number of nitriles is 1. The van der Waals surface area contributed by atoms with E-state index in [0.29, 0.717) is 4.47 Å². The predicted molar refractivity (Wildman–Crippen MR) is 80.9 cm³/mol. The van der Waals surface area contributed by atoms with Crippen LogP contribution in [0.1, 0.15) is 15.2 Å². The maximum Gasteiger partial charge on any atom is 0.347 e. The van der Waals surface area contributed by atoms with Crippen LogP contribution in [0.5, 0.6) is 0 Å². The van der Waals surface area contributed by atoms with Gasteiger partial charge in [-0.3, -0.25) is 4.72 Å². The predicted octanol–water partition coefficient (Wildman–Crippen LogP) is 2.88. The van der Waals surface area contributed by atoms with E-state index in [1.165, 1.54) is 23.6 Å². The Morgan fingerprint density at radius 3 is 2.71 bits per heavy atom. The van der Waals surface area contributed by atoms with Crippen molar-refractivity contribution in [1.82, 2.24) is 0 Å². The van der Waals surface area contributed by atoms with Gasteiger partial charge in [0.2, 0.25) is 0 Å². The normalized spacial score (nSPS) is 10.9. The standard InChI is InChI=1S/C12H7BrN2O4S2/c13-8-1-2-9(7(5-8)6-14)15-21(18,19)10-3-4-20-11(10)12(16)17/h1-5,15H,(H,16,17). The molecule has 0 saturated heterocycles. The summed E-state index contributed by atoms with van der Waals surface area (Å²) in [6, 6.07) is 7.54. The number of carbonyl (C=O) groups is 1. The highest BCUT2D eigenvalue weighted by Crippen LogP contribution is 2.27. The van der Waals surface area contributed by atoms with Crippen LogP contribution in [0, 0.1) is 11.3 Å². The lowest BCUT2D eigenvalue weighted by Crippen LogP contribution is -2.15. The lowest BCUT2D eigenvalue weighted by Gasteiger charge is -2.09. The topological polar surface area (TPSA) is 107 Å². The molecule has 108 valence electrons. The quantitative estimate of drug-likeness (QED) is 0.839. The molecule has 9 heteroatoms. The molecule has 0 bridgehead atoms. The zero-order valence-corrected chi connectivity index (χ0v) is 13.4. The number of nitrogens with one attached hydrogen (secondary N) is 1. The van der Waals surface area contributed by atoms with Crippen LogP contribution in [0.3, 0.4) is 0 Å². The molecule has 0 unspecified atom stereocenters. The van der Waals surface area contributed by atoms with Crippen LogP contribution in [-0.2, 0) is 10.0 Å². The van der Waals surface area contributed by atoms with Crippen molar-refractivity contribution in [3.05, 3.63) is 44.6 Å². The summed E-state index contributed by atoms with van der Waals surface area (Å²) >= 11 is 4.00. The fourth-order valence-corrected chi connectivity index (χ4v) is 4.26. The molecule has 21 heavy (non-hydrogen) atoms. The van der Waals surface area contributed by atoms with E-state index in [2.05, 4.69) is 20.7 Å². The van der Waals surface area contributed by atoms with Crippen LogP contribution in [0.4, 0.5) is 5.69 Å². The molecule has 1 heterocycles. The number of halogens is 1. The number of anilines is 1. The first-order valence-corrected chi connectivity index (χ1v) is 8.54. The molecule has 1 aromatic heterocycles. The minimum atomic E-state index is -4.08. The molecule has 6 nitrogen and oxygen atoms in total. The van der Waals surface area contributed by atoms with Crippen LogP contribution in [0.25, 0.3) is 0 Å². The summed E-state index contributed by atoms with van der Waals surface area (Å²) in [6.07, 6.45) is 0. The van der Waals surface area contributed by atoms with Gasteiger partial charge in [0.15, 0.2) is 0 Å². The van der Waals surface area contributed by atoms with E-state index < -0.39 is 16.0 Å². The zero-order valence-electron chi connectivity index (χ0n) is 10.2. The Balaban J connectivity index is 2.46. The third-order valence-electron chi connectivity index (χ3n) is 2.46. The Kier molecular flexibility index (Phi) is 4.32. The van der Waals surface area contributed by atoms with Gasteiger partial charge in [0, 0.05) is 4.47 Å². The van der Waals surface area contributed by atoms with Crippen molar-refractivity contribution >= 4 is 48.9 Å². The summed E-state index contributed by atoms with van der Waals surface area (Å²) in [5, 5.41) is 19.4. The van der Waals surface area contributed by atoms with Crippen LogP contribution >= 0.6 is 27.3 Å². The molecular formula is C12H7BrN2O4S2. The Hall–Kier alpha value is -1.89. The molecule has 1 aromatic carbocycles. The maximum atomic E-state index is 12.3. The zero-order chi connectivity index (χ0) is 15.6. The summed E-state index contributed by atoms with van der Waals surface area (Å²) < 4.78 is 27.4. The largest absolute Gasteiger partial charge is 0.477 e. The number of carboxylic acids is 1. The molecule has 2 rings (SSSR count). The molecule has 0 saturated carbocycles. The van der Waals surface area contributed by atoms with Crippen molar-refractivity contribution < 1.29 is 18.3 Å². The summed E-state index contributed by atoms with van der Waals surface area (Å²) in [5.74, 6) is -1.32. The van der Waals surface area contributed by atoms with Gasteiger partial charge in [-0.1, -0.05) is 15.9 Å². The molecule has 2 N–H and O–H groups in total. The van der Waals surface area contributed by atoms with E-state index in [1.54, 1.807) is 6.07 Å². The molecule has 0 atom stereocenters. The van der Waals surface area contributed by atoms with E-state index in [4.69, 9.17) is 10.4 Å². The Labute approximate surface area is 132 Å². The fraction of sp³-hybridized carbons (Fsp3) is 0. The first kappa shape index (κ1) is 15.5. The van der Waals surface area contributed by atoms with Crippen molar-refractivity contribution in [2.45, 2.75) is 4.90 Å². The highest BCUT2D eigenvalue weighted by atomic mass is 79.9. The number of sulfonamides is 1. The van der Waals surface area contributed by atoms with E-state index >= 15 is 0 Å². The summed E-state index contributed by atoms with van der Waals surface area (Å²) in [6.45, 7) is 0.